The molecule has 0 spiro atoms. The number of fused-ring (bicyclic) bond motifs is 1. The van der Waals surface area contributed by atoms with Crippen LogP contribution in [0, 0.1) is 5.41 Å². The van der Waals surface area contributed by atoms with Gasteiger partial charge in [0.05, 0.1) is 17.5 Å². The van der Waals surface area contributed by atoms with Crippen molar-refractivity contribution in [2.24, 2.45) is 5.84 Å². The van der Waals surface area contributed by atoms with Crippen molar-refractivity contribution in [2.45, 2.75) is 25.9 Å². The number of carbonyl (C=O) groups excluding carboxylic acids is 2. The first-order valence-corrected chi connectivity index (χ1v) is 13.3. The van der Waals surface area contributed by atoms with E-state index in [2.05, 4.69) is 46.9 Å². The molecule has 16 nitrogen and oxygen atoms in total. The molecular formula is C26H31F3N12O4. The minimum Gasteiger partial charge on any atom is -0.483 e. The monoisotopic (exact) mass is 632 g/mol. The third-order valence-electron chi connectivity index (χ3n) is 6.14. The zero-order valence-corrected chi connectivity index (χ0v) is 23.8. The fourth-order valence-corrected chi connectivity index (χ4v) is 4.14. The normalized spacial score (nSPS) is 10.8. The van der Waals surface area contributed by atoms with Crippen LogP contribution in [0.5, 0.6) is 0 Å². The summed E-state index contributed by atoms with van der Waals surface area (Å²) < 4.78 is 41.7. The maximum atomic E-state index is 13.4. The number of guanidine groups is 1. The molecule has 240 valence electrons. The van der Waals surface area contributed by atoms with Crippen molar-refractivity contribution >= 4 is 41.4 Å². The van der Waals surface area contributed by atoms with E-state index >= 15 is 0 Å². The van der Waals surface area contributed by atoms with Gasteiger partial charge in [-0.05, 0) is 30.2 Å². The van der Waals surface area contributed by atoms with Gasteiger partial charge in [0.15, 0.2) is 17.2 Å². The molecule has 0 saturated heterocycles. The number of anilines is 2. The van der Waals surface area contributed by atoms with Crippen molar-refractivity contribution in [3.63, 3.8) is 0 Å². The van der Waals surface area contributed by atoms with E-state index in [4.69, 9.17) is 21.2 Å². The lowest BCUT2D eigenvalue weighted by molar-refractivity contribution is -0.140. The average Bonchev–Trinajstić information content (AvgIpc) is 3.67. The van der Waals surface area contributed by atoms with Crippen LogP contribution < -0.4 is 32.5 Å². The van der Waals surface area contributed by atoms with E-state index in [-0.39, 0.29) is 61.6 Å². The number of aromatic amines is 1. The van der Waals surface area contributed by atoms with Crippen LogP contribution >= 0.6 is 0 Å². The molecule has 0 unspecified atom stereocenters. The van der Waals surface area contributed by atoms with E-state index in [0.717, 1.165) is 5.56 Å². The van der Waals surface area contributed by atoms with Crippen LogP contribution in [0.1, 0.15) is 35.0 Å². The number of amides is 2. The van der Waals surface area contributed by atoms with Crippen LogP contribution in [0.2, 0.25) is 0 Å². The van der Waals surface area contributed by atoms with Crippen molar-refractivity contribution < 1.29 is 32.7 Å². The molecule has 0 atom stereocenters. The number of aromatic nitrogens is 5. The van der Waals surface area contributed by atoms with E-state index in [9.17, 15) is 22.8 Å². The molecule has 3 aromatic heterocycles. The Morgan fingerprint density at radius 1 is 1.16 bits per heavy atom. The molecule has 0 radical (unpaired) electrons. The molecule has 0 aliphatic heterocycles. The summed E-state index contributed by atoms with van der Waals surface area (Å²) in [6.45, 7) is 2.31. The van der Waals surface area contributed by atoms with Gasteiger partial charge >= 0.3 is 6.18 Å². The third-order valence-corrected chi connectivity index (χ3v) is 6.14. The highest BCUT2D eigenvalue weighted by atomic mass is 19.4. The Morgan fingerprint density at radius 2 is 1.89 bits per heavy atom. The van der Waals surface area contributed by atoms with Gasteiger partial charge in [-0.2, -0.15) is 18.3 Å². The molecule has 3 heterocycles. The number of rotatable bonds is 11. The fourth-order valence-electron chi connectivity index (χ4n) is 4.14. The summed E-state index contributed by atoms with van der Waals surface area (Å²) in [7, 11) is 0. The number of nitrogens with zero attached hydrogens (tertiary/aromatic N) is 4. The molecule has 0 bridgehead atoms. The Balaban J connectivity index is 0.00000177. The number of halogens is 3. The number of carboxylic acid groups (broad SMARTS) is 1. The first-order valence-electron chi connectivity index (χ1n) is 13.3. The highest BCUT2D eigenvalue weighted by molar-refractivity contribution is 5.96. The maximum Gasteiger partial charge on any atom is 0.435 e. The Labute approximate surface area is 253 Å². The van der Waals surface area contributed by atoms with Crippen LogP contribution in [0.4, 0.5) is 24.7 Å². The van der Waals surface area contributed by atoms with Crippen molar-refractivity contribution in [1.82, 2.24) is 45.9 Å². The number of alkyl halides is 3. The van der Waals surface area contributed by atoms with Gasteiger partial charge < -0.3 is 26.4 Å². The summed E-state index contributed by atoms with van der Waals surface area (Å²) in [6, 6.07) is 5.12. The molecule has 4 rings (SSSR count). The Kier molecular flexibility index (Phi) is 11.8. The maximum absolute atomic E-state index is 13.4. The number of hydrazine groups is 1. The van der Waals surface area contributed by atoms with Crippen molar-refractivity contribution in [3.05, 3.63) is 59.8 Å². The summed E-state index contributed by atoms with van der Waals surface area (Å²) in [4.78, 5) is 41.6. The predicted molar refractivity (Wildman–Crippen MR) is 156 cm³/mol. The van der Waals surface area contributed by atoms with Gasteiger partial charge in [-0.15, -0.1) is 0 Å². The average molecular weight is 633 g/mol. The minimum absolute atomic E-state index is 0.0969. The van der Waals surface area contributed by atoms with Crippen molar-refractivity contribution in [3.8, 4) is 11.3 Å². The van der Waals surface area contributed by atoms with E-state index in [1.54, 1.807) is 18.2 Å². The van der Waals surface area contributed by atoms with E-state index in [0.29, 0.717) is 29.1 Å². The molecule has 2 amide bonds. The molecule has 0 aliphatic rings. The van der Waals surface area contributed by atoms with Crippen molar-refractivity contribution in [1.29, 1.82) is 5.41 Å². The first-order chi connectivity index (χ1) is 21.5. The molecule has 0 aliphatic carbocycles. The van der Waals surface area contributed by atoms with Crippen LogP contribution in [-0.2, 0) is 22.2 Å². The second-order valence-corrected chi connectivity index (χ2v) is 9.02. The predicted octanol–water partition coefficient (Wildman–Crippen LogP) is 1.37. The Morgan fingerprint density at radius 3 is 2.58 bits per heavy atom. The second kappa shape index (κ2) is 15.7. The number of hydrogen-bond donors (Lipinski definition) is 9. The number of imidazole rings is 1. The van der Waals surface area contributed by atoms with Crippen LogP contribution in [0.25, 0.3) is 16.9 Å². The lowest BCUT2D eigenvalue weighted by Crippen LogP contribution is -2.42. The zero-order valence-electron chi connectivity index (χ0n) is 23.8. The van der Waals surface area contributed by atoms with Gasteiger partial charge in [-0.1, -0.05) is 6.92 Å². The number of benzene rings is 1. The number of hydrogen-bond acceptors (Lipinski definition) is 9. The second-order valence-electron chi connectivity index (χ2n) is 9.02. The third kappa shape index (κ3) is 8.89. The Hall–Kier alpha value is -5.72. The molecule has 4 aromatic rings. The smallest absolute Gasteiger partial charge is 0.435 e. The van der Waals surface area contributed by atoms with Gasteiger partial charge in [0, 0.05) is 55.9 Å². The molecule has 1 aromatic carbocycles. The Bertz CT molecular complexity index is 1640. The van der Waals surface area contributed by atoms with Gasteiger partial charge in [-0.3, -0.25) is 34.7 Å². The fraction of sp³-hybridized carbons (Fsp3) is 0.269. The van der Waals surface area contributed by atoms with E-state index < -0.39 is 11.9 Å². The highest BCUT2D eigenvalue weighted by Gasteiger charge is 2.37. The standard InChI is InChI=1S/C25H29F3N12O2.CH2O2/c1-2-14-11-15(3-4-16(14)23(42)33-8-7-31-19(41)5-6-34-24(29)38-30)37-21-22-35-13-18(40(22)10-9-32-21)17-12-36-39-20(17)25(26,27)28;2-1-3/h3-4,9-13H,2,5-8,30H2,1H3,(H,31,41)(H,32,37)(H,33,42)(H,36,39)(H3,29,34,38);1H,(H,2,3). The largest absolute Gasteiger partial charge is 0.483 e. The summed E-state index contributed by atoms with van der Waals surface area (Å²) >= 11 is 0. The molecule has 10 N–H and O–H groups in total. The van der Waals surface area contributed by atoms with Crippen molar-refractivity contribution in [2.75, 3.05) is 25.0 Å². The van der Waals surface area contributed by atoms with E-state index in [1.165, 1.54) is 29.2 Å². The molecule has 0 saturated carbocycles. The number of nitrogens with two attached hydrogens (primary N) is 1. The first kappa shape index (κ1) is 33.8. The summed E-state index contributed by atoms with van der Waals surface area (Å²) in [5, 5.41) is 31.0. The van der Waals surface area contributed by atoms with Crippen LogP contribution in [0.3, 0.4) is 0 Å². The van der Waals surface area contributed by atoms with Gasteiger partial charge in [0.1, 0.15) is 0 Å². The van der Waals surface area contributed by atoms with Crippen LogP contribution in [-0.4, -0.2) is 73.6 Å². The lowest BCUT2D eigenvalue weighted by Gasteiger charge is -2.13. The number of H-pyrrole nitrogens is 1. The SMILES string of the molecule is CCc1cc(Nc2nccn3c(-c4c[nH]nc4C(F)(F)F)cnc23)ccc1C(=O)NCCNC(=O)CCNC(=N)NN.O=CO. The van der Waals surface area contributed by atoms with Crippen LogP contribution in [0.15, 0.2) is 43.0 Å². The lowest BCUT2D eigenvalue weighted by atomic mass is 10.0. The number of nitrogens with one attached hydrogen (secondary N) is 7. The minimum atomic E-state index is -4.64. The summed E-state index contributed by atoms with van der Waals surface area (Å²) in [5.74, 6) is 4.71. The highest BCUT2D eigenvalue weighted by Crippen LogP contribution is 2.36. The summed E-state index contributed by atoms with van der Waals surface area (Å²) in [5.41, 5.74) is 3.21. The molecule has 45 heavy (non-hydrogen) atoms. The quantitative estimate of drug-likeness (QED) is 0.0286. The van der Waals surface area contributed by atoms with Gasteiger partial charge in [-0.25, -0.2) is 15.8 Å². The number of aryl methyl sites for hydroxylation is 1. The van der Waals surface area contributed by atoms with Gasteiger partial charge in [0.2, 0.25) is 11.9 Å². The molecule has 0 fully saturated rings. The number of carbonyl (C=O) groups is 3. The zero-order chi connectivity index (χ0) is 33.0. The summed E-state index contributed by atoms with van der Waals surface area (Å²) in [6.07, 6.45) is 1.46. The topological polar surface area (TPSA) is 240 Å². The molecule has 19 heteroatoms. The van der Waals surface area contributed by atoms with Gasteiger partial charge in [0.25, 0.3) is 12.4 Å². The van der Waals surface area contributed by atoms with E-state index in [1.807, 2.05) is 6.92 Å². The molecular weight excluding hydrogens is 601 g/mol.